The van der Waals surface area contributed by atoms with Crippen molar-refractivity contribution in [2.75, 3.05) is 5.75 Å². The molecule has 3 saturated carbocycles. The van der Waals surface area contributed by atoms with Gasteiger partial charge in [-0.2, -0.15) is 11.8 Å². The Balaban J connectivity index is 1.82. The molecule has 0 N–H and O–H groups in total. The van der Waals surface area contributed by atoms with E-state index in [2.05, 4.69) is 81.9 Å². The largest absolute Gasteiger partial charge is 0.152 e. The molecule has 4 fully saturated rings. The summed E-state index contributed by atoms with van der Waals surface area (Å²) in [4.78, 5) is 3.17. The molecule has 21 heavy (non-hydrogen) atoms. The molecule has 0 nitrogen and oxygen atoms in total. The van der Waals surface area contributed by atoms with Crippen LogP contribution in [-0.2, 0) is 0 Å². The Morgan fingerprint density at radius 3 is 2.67 bits per heavy atom. The molecule has 4 rings (SSSR count). The van der Waals surface area contributed by atoms with Crippen molar-refractivity contribution in [3.8, 4) is 0 Å². The van der Waals surface area contributed by atoms with E-state index < -0.39 is 0 Å². The summed E-state index contributed by atoms with van der Waals surface area (Å²) in [5, 5.41) is 1.45. The Morgan fingerprint density at radius 2 is 2.05 bits per heavy atom. The van der Waals surface area contributed by atoms with Crippen LogP contribution in [0.2, 0.25) is 0 Å². The standard InChI is InChI=1S/C17H22S4/c1-5-13(18)14(19)6-11-8-20-15-10(3)17(4)7-12(9(17)2)16(15)21-11/h5-6,10,12,15-16,18-19H,1-2,7-8H2,3-4H3/b11-6+,14-13-. The molecule has 4 heteroatoms. The summed E-state index contributed by atoms with van der Waals surface area (Å²) in [7, 11) is 0. The second-order valence-corrected chi connectivity index (χ2v) is 9.92. The average molecular weight is 355 g/mol. The van der Waals surface area contributed by atoms with E-state index in [9.17, 15) is 0 Å². The van der Waals surface area contributed by atoms with E-state index in [1.807, 2.05) is 0 Å². The first-order valence-corrected chi connectivity index (χ1v) is 10.1. The van der Waals surface area contributed by atoms with Gasteiger partial charge in [0.25, 0.3) is 0 Å². The molecule has 0 aromatic rings. The highest BCUT2D eigenvalue weighted by molar-refractivity contribution is 8.09. The van der Waals surface area contributed by atoms with Crippen LogP contribution in [0.25, 0.3) is 0 Å². The zero-order chi connectivity index (χ0) is 15.4. The molecule has 0 amide bonds. The number of rotatable bonds is 2. The van der Waals surface area contributed by atoms with Gasteiger partial charge in [0.15, 0.2) is 0 Å². The zero-order valence-corrected chi connectivity index (χ0v) is 15.9. The molecule has 0 spiro atoms. The predicted molar refractivity (Wildman–Crippen MR) is 105 cm³/mol. The van der Waals surface area contributed by atoms with Crippen LogP contribution < -0.4 is 0 Å². The van der Waals surface area contributed by atoms with Crippen LogP contribution >= 0.6 is 48.8 Å². The predicted octanol–water partition coefficient (Wildman–Crippen LogP) is 5.58. The molecule has 0 radical (unpaired) electrons. The molecule has 0 aromatic carbocycles. The maximum atomic E-state index is 4.53. The lowest BCUT2D eigenvalue weighted by Gasteiger charge is -2.64. The highest BCUT2D eigenvalue weighted by Crippen LogP contribution is 2.67. The van der Waals surface area contributed by atoms with Crippen molar-refractivity contribution in [3.05, 3.63) is 45.6 Å². The molecule has 5 atom stereocenters. The highest BCUT2D eigenvalue weighted by atomic mass is 32.2. The first-order chi connectivity index (χ1) is 9.88. The van der Waals surface area contributed by atoms with Crippen LogP contribution in [0.3, 0.4) is 0 Å². The van der Waals surface area contributed by atoms with Gasteiger partial charge in [0.05, 0.1) is 0 Å². The Morgan fingerprint density at radius 1 is 1.33 bits per heavy atom. The monoisotopic (exact) mass is 354 g/mol. The number of hydrogen-bond donors (Lipinski definition) is 2. The Kier molecular flexibility index (Phi) is 4.46. The van der Waals surface area contributed by atoms with Gasteiger partial charge in [0.2, 0.25) is 0 Å². The SMILES string of the molecule is C=C/C(S)=C(S)\C=C1/CSC2C(S1)C1CC(C)(C1=C)C2C. The van der Waals surface area contributed by atoms with Gasteiger partial charge in [-0.25, -0.2) is 0 Å². The molecule has 2 bridgehead atoms. The van der Waals surface area contributed by atoms with E-state index in [4.69, 9.17) is 0 Å². The third-order valence-corrected chi connectivity index (χ3v) is 9.85. The topological polar surface area (TPSA) is 0 Å². The fourth-order valence-electron chi connectivity index (χ4n) is 3.85. The molecule has 0 aromatic heterocycles. The third kappa shape index (κ3) is 2.50. The fourth-order valence-corrected chi connectivity index (χ4v) is 7.87. The quantitative estimate of drug-likeness (QED) is 0.377. The van der Waals surface area contributed by atoms with Crippen LogP contribution in [0, 0.1) is 17.3 Å². The summed E-state index contributed by atoms with van der Waals surface area (Å²) in [6, 6.07) is 0. The molecular formula is C17H22S4. The average Bonchev–Trinajstić information content (AvgIpc) is 2.49. The molecular weight excluding hydrogens is 332 g/mol. The van der Waals surface area contributed by atoms with Crippen LogP contribution in [-0.4, -0.2) is 16.3 Å². The van der Waals surface area contributed by atoms with Crippen LogP contribution in [0.4, 0.5) is 0 Å². The molecule has 3 aliphatic carbocycles. The number of hydrogen-bond acceptors (Lipinski definition) is 4. The summed E-state index contributed by atoms with van der Waals surface area (Å²) in [6.07, 6.45) is 5.23. The summed E-state index contributed by atoms with van der Waals surface area (Å²) >= 11 is 13.1. The Hall–Kier alpha value is 0.360. The Labute approximate surface area is 147 Å². The minimum atomic E-state index is 0.399. The Bertz CT molecular complexity index is 559. The van der Waals surface area contributed by atoms with Crippen LogP contribution in [0.5, 0.6) is 0 Å². The summed E-state index contributed by atoms with van der Waals surface area (Å²) in [5.74, 6) is 2.53. The van der Waals surface area contributed by atoms with E-state index in [0.717, 1.165) is 26.7 Å². The van der Waals surface area contributed by atoms with Crippen molar-refractivity contribution in [2.24, 2.45) is 17.3 Å². The molecule has 114 valence electrons. The van der Waals surface area contributed by atoms with E-state index in [1.165, 1.54) is 16.9 Å². The van der Waals surface area contributed by atoms with Crippen molar-refractivity contribution in [1.82, 2.24) is 0 Å². The van der Waals surface area contributed by atoms with Gasteiger partial charge < -0.3 is 0 Å². The lowest BCUT2D eigenvalue weighted by Crippen LogP contribution is -2.60. The van der Waals surface area contributed by atoms with Gasteiger partial charge in [-0.05, 0) is 34.7 Å². The van der Waals surface area contributed by atoms with Gasteiger partial charge >= 0.3 is 0 Å². The maximum Gasteiger partial charge on any atom is 0.0279 e. The first-order valence-electron chi connectivity index (χ1n) is 7.31. The van der Waals surface area contributed by atoms with E-state index >= 15 is 0 Å². The zero-order valence-electron chi connectivity index (χ0n) is 12.5. The molecule has 1 heterocycles. The number of thiol groups is 2. The van der Waals surface area contributed by atoms with Gasteiger partial charge in [0.1, 0.15) is 0 Å². The maximum absolute atomic E-state index is 4.53. The smallest absolute Gasteiger partial charge is 0.0279 e. The van der Waals surface area contributed by atoms with Crippen molar-refractivity contribution < 1.29 is 0 Å². The number of thioether (sulfide) groups is 2. The van der Waals surface area contributed by atoms with Gasteiger partial charge in [-0.1, -0.05) is 38.7 Å². The summed E-state index contributed by atoms with van der Waals surface area (Å²) in [6.45, 7) is 13.0. The first kappa shape index (κ1) is 16.2. The summed E-state index contributed by atoms with van der Waals surface area (Å²) in [5.41, 5.74) is 1.89. The van der Waals surface area contributed by atoms with Crippen molar-refractivity contribution in [2.45, 2.75) is 30.8 Å². The molecule has 5 unspecified atom stereocenters. The van der Waals surface area contributed by atoms with Crippen molar-refractivity contribution >= 4 is 48.8 Å². The minimum absolute atomic E-state index is 0.399. The normalized spacial score (nSPS) is 44.8. The van der Waals surface area contributed by atoms with Gasteiger partial charge in [0, 0.05) is 26.1 Å². The number of allylic oxidation sites excluding steroid dienone is 3. The molecule has 4 aliphatic rings. The minimum Gasteiger partial charge on any atom is -0.152 e. The van der Waals surface area contributed by atoms with E-state index in [-0.39, 0.29) is 0 Å². The van der Waals surface area contributed by atoms with Gasteiger partial charge in [-0.3, -0.25) is 0 Å². The lowest BCUT2D eigenvalue weighted by atomic mass is 9.48. The second kappa shape index (κ2) is 5.77. The van der Waals surface area contributed by atoms with Crippen molar-refractivity contribution in [1.29, 1.82) is 0 Å². The van der Waals surface area contributed by atoms with Crippen molar-refractivity contribution in [3.63, 3.8) is 0 Å². The van der Waals surface area contributed by atoms with E-state index in [0.29, 0.717) is 16.6 Å². The van der Waals surface area contributed by atoms with Crippen LogP contribution in [0.15, 0.2) is 45.6 Å². The molecule has 1 aliphatic heterocycles. The third-order valence-electron chi connectivity index (χ3n) is 5.50. The van der Waals surface area contributed by atoms with Gasteiger partial charge in [-0.15, -0.1) is 37.0 Å². The highest BCUT2D eigenvalue weighted by Gasteiger charge is 2.60. The summed E-state index contributed by atoms with van der Waals surface area (Å²) < 4.78 is 0. The second-order valence-electron chi connectivity index (χ2n) is 6.49. The van der Waals surface area contributed by atoms with E-state index in [1.54, 1.807) is 6.08 Å². The lowest BCUT2D eigenvalue weighted by molar-refractivity contribution is 0.0577. The fraction of sp³-hybridized carbons (Fsp3) is 0.529. The molecule has 1 saturated heterocycles. The van der Waals surface area contributed by atoms with Crippen LogP contribution in [0.1, 0.15) is 20.3 Å².